The van der Waals surface area contributed by atoms with Crippen LogP contribution in [0.1, 0.15) is 28.3 Å². The SMILES string of the molecule is Cn1ccc(C2=C(c3ccc(CS(=O)O)cc3)Oc3ccccc3C2C=O)n1. The number of carbonyl (C=O) groups is 1. The monoisotopic (exact) mass is 394 g/mol. The van der Waals surface area contributed by atoms with Crippen LogP contribution in [0.15, 0.2) is 60.8 Å². The molecule has 28 heavy (non-hydrogen) atoms. The molecule has 1 aliphatic rings. The minimum atomic E-state index is -1.90. The van der Waals surface area contributed by atoms with E-state index in [0.717, 1.165) is 23.0 Å². The van der Waals surface area contributed by atoms with Crippen LogP contribution in [0, 0.1) is 0 Å². The standard InChI is InChI=1S/C21H18N2O4S/c1-23-11-10-18(22-23)20-17(12-24)16-4-2-3-5-19(16)27-21(20)15-8-6-14(7-9-15)13-28(25)26/h2-12,17H,13H2,1H3,(H,25,26). The average molecular weight is 394 g/mol. The Morgan fingerprint density at radius 2 is 1.93 bits per heavy atom. The largest absolute Gasteiger partial charge is 0.456 e. The lowest BCUT2D eigenvalue weighted by atomic mass is 9.85. The fourth-order valence-corrected chi connectivity index (χ4v) is 3.85. The lowest BCUT2D eigenvalue weighted by molar-refractivity contribution is -0.108. The van der Waals surface area contributed by atoms with Crippen LogP contribution in [0.2, 0.25) is 0 Å². The molecule has 3 aromatic rings. The maximum absolute atomic E-state index is 12.1. The van der Waals surface area contributed by atoms with Crippen molar-refractivity contribution in [3.05, 3.63) is 83.2 Å². The maximum atomic E-state index is 12.1. The van der Waals surface area contributed by atoms with Gasteiger partial charge >= 0.3 is 0 Å². The van der Waals surface area contributed by atoms with Crippen LogP contribution in [-0.2, 0) is 28.7 Å². The summed E-state index contributed by atoms with van der Waals surface area (Å²) in [5.74, 6) is 0.757. The van der Waals surface area contributed by atoms with Crippen LogP contribution in [-0.4, -0.2) is 24.8 Å². The maximum Gasteiger partial charge on any atom is 0.157 e. The Morgan fingerprint density at radius 1 is 1.18 bits per heavy atom. The number of allylic oxidation sites excluding steroid dienone is 1. The second-order valence-corrected chi connectivity index (χ2v) is 7.47. The molecule has 0 saturated heterocycles. The van der Waals surface area contributed by atoms with Crippen molar-refractivity contribution >= 4 is 28.7 Å². The van der Waals surface area contributed by atoms with Crippen molar-refractivity contribution in [3.8, 4) is 5.75 Å². The average Bonchev–Trinajstić information content (AvgIpc) is 3.12. The number of benzene rings is 2. The number of para-hydroxylation sites is 1. The van der Waals surface area contributed by atoms with Crippen molar-refractivity contribution in [2.45, 2.75) is 11.7 Å². The summed E-state index contributed by atoms with van der Waals surface area (Å²) >= 11 is -1.90. The summed E-state index contributed by atoms with van der Waals surface area (Å²) < 4.78 is 28.0. The first-order chi connectivity index (χ1) is 13.6. The molecule has 0 saturated carbocycles. The van der Waals surface area contributed by atoms with Gasteiger partial charge in [-0.25, -0.2) is 4.21 Å². The van der Waals surface area contributed by atoms with Gasteiger partial charge in [-0.2, -0.15) is 5.10 Å². The fourth-order valence-electron chi connectivity index (χ4n) is 3.38. The van der Waals surface area contributed by atoms with Crippen molar-refractivity contribution in [3.63, 3.8) is 0 Å². The lowest BCUT2D eigenvalue weighted by Gasteiger charge is -2.27. The van der Waals surface area contributed by atoms with Gasteiger partial charge in [-0.3, -0.25) is 4.68 Å². The molecule has 0 bridgehead atoms. The van der Waals surface area contributed by atoms with E-state index in [1.165, 1.54) is 0 Å². The van der Waals surface area contributed by atoms with E-state index < -0.39 is 17.0 Å². The van der Waals surface area contributed by atoms with E-state index in [9.17, 15) is 9.00 Å². The highest BCUT2D eigenvalue weighted by Crippen LogP contribution is 2.45. The molecular formula is C21H18N2O4S. The number of hydrogen-bond donors (Lipinski definition) is 1. The van der Waals surface area contributed by atoms with Gasteiger partial charge in [-0.05, 0) is 17.7 Å². The summed E-state index contributed by atoms with van der Waals surface area (Å²) in [5.41, 5.74) is 3.69. The van der Waals surface area contributed by atoms with Crippen molar-refractivity contribution in [2.24, 2.45) is 7.05 Å². The number of aromatic nitrogens is 2. The zero-order valence-corrected chi connectivity index (χ0v) is 15.9. The Balaban J connectivity index is 1.88. The smallest absolute Gasteiger partial charge is 0.157 e. The number of ether oxygens (including phenoxy) is 1. The fraction of sp³-hybridized carbons (Fsp3) is 0.143. The van der Waals surface area contributed by atoms with Crippen LogP contribution in [0.25, 0.3) is 11.3 Å². The van der Waals surface area contributed by atoms with E-state index in [2.05, 4.69) is 5.10 Å². The highest BCUT2D eigenvalue weighted by atomic mass is 32.2. The molecule has 1 aliphatic heterocycles. The molecule has 0 amide bonds. The van der Waals surface area contributed by atoms with E-state index in [1.807, 2.05) is 55.7 Å². The molecular weight excluding hydrogens is 376 g/mol. The molecule has 0 spiro atoms. The van der Waals surface area contributed by atoms with Crippen molar-refractivity contribution in [2.75, 3.05) is 0 Å². The van der Waals surface area contributed by atoms with Gasteiger partial charge in [0, 0.05) is 29.9 Å². The van der Waals surface area contributed by atoms with Gasteiger partial charge < -0.3 is 14.1 Å². The van der Waals surface area contributed by atoms with Crippen molar-refractivity contribution in [1.82, 2.24) is 9.78 Å². The molecule has 0 fully saturated rings. The van der Waals surface area contributed by atoms with E-state index in [0.29, 0.717) is 22.8 Å². The quantitative estimate of drug-likeness (QED) is 0.530. The molecule has 2 unspecified atom stereocenters. The molecule has 4 rings (SSSR count). The predicted octanol–water partition coefficient (Wildman–Crippen LogP) is 3.39. The molecule has 6 nitrogen and oxygen atoms in total. The van der Waals surface area contributed by atoms with Crippen molar-refractivity contribution < 1.29 is 18.3 Å². The number of fused-ring (bicyclic) bond motifs is 1. The first-order valence-corrected chi connectivity index (χ1v) is 9.97. The number of rotatable bonds is 5. The van der Waals surface area contributed by atoms with Gasteiger partial charge in [0.2, 0.25) is 0 Å². The highest BCUT2D eigenvalue weighted by molar-refractivity contribution is 7.78. The van der Waals surface area contributed by atoms with Crippen LogP contribution >= 0.6 is 0 Å². The van der Waals surface area contributed by atoms with Crippen LogP contribution in [0.3, 0.4) is 0 Å². The first kappa shape index (κ1) is 18.3. The van der Waals surface area contributed by atoms with E-state index >= 15 is 0 Å². The number of carbonyl (C=O) groups excluding carboxylic acids is 1. The van der Waals surface area contributed by atoms with Crippen LogP contribution in [0.4, 0.5) is 0 Å². The summed E-state index contributed by atoms with van der Waals surface area (Å²) in [7, 11) is 1.82. The zero-order chi connectivity index (χ0) is 19.7. The van der Waals surface area contributed by atoms with Gasteiger partial charge in [0.15, 0.2) is 11.1 Å². The molecule has 1 aromatic heterocycles. The van der Waals surface area contributed by atoms with Gasteiger partial charge in [0.05, 0.1) is 17.4 Å². The number of aldehydes is 1. The Kier molecular flexibility index (Phi) is 4.93. The van der Waals surface area contributed by atoms with Gasteiger partial charge in [-0.15, -0.1) is 0 Å². The molecule has 142 valence electrons. The Labute approximate surface area is 164 Å². The third-order valence-corrected chi connectivity index (χ3v) is 5.23. The topological polar surface area (TPSA) is 81.4 Å². The normalized spacial score (nSPS) is 17.0. The lowest BCUT2D eigenvalue weighted by Crippen LogP contribution is -2.16. The zero-order valence-electron chi connectivity index (χ0n) is 15.1. The summed E-state index contributed by atoms with van der Waals surface area (Å²) in [6, 6.07) is 16.5. The van der Waals surface area contributed by atoms with E-state index in [-0.39, 0.29) is 5.75 Å². The number of hydrogen-bond acceptors (Lipinski definition) is 4. The second-order valence-electron chi connectivity index (χ2n) is 6.53. The second kappa shape index (κ2) is 7.53. The Hall–Kier alpha value is -3.03. The third-order valence-electron chi connectivity index (χ3n) is 4.65. The number of nitrogens with zero attached hydrogens (tertiary/aromatic N) is 2. The molecule has 2 heterocycles. The summed E-state index contributed by atoms with van der Waals surface area (Å²) in [4.78, 5) is 12.1. The van der Waals surface area contributed by atoms with Gasteiger partial charge in [-0.1, -0.05) is 42.5 Å². The molecule has 2 aromatic carbocycles. The minimum Gasteiger partial charge on any atom is -0.456 e. The third kappa shape index (κ3) is 3.42. The highest BCUT2D eigenvalue weighted by Gasteiger charge is 2.32. The number of aryl methyl sites for hydroxylation is 1. The van der Waals surface area contributed by atoms with Crippen LogP contribution in [0.5, 0.6) is 5.75 Å². The molecule has 1 N–H and O–H groups in total. The summed E-state index contributed by atoms with van der Waals surface area (Å²) in [6.45, 7) is 0. The van der Waals surface area contributed by atoms with Gasteiger partial charge in [0.25, 0.3) is 0 Å². The molecule has 0 radical (unpaired) electrons. The van der Waals surface area contributed by atoms with Gasteiger partial charge in [0.1, 0.15) is 17.8 Å². The molecule has 2 atom stereocenters. The predicted molar refractivity (Wildman–Crippen MR) is 107 cm³/mol. The van der Waals surface area contributed by atoms with E-state index in [4.69, 9.17) is 9.29 Å². The molecule has 7 heteroatoms. The van der Waals surface area contributed by atoms with Crippen LogP contribution < -0.4 is 4.74 Å². The van der Waals surface area contributed by atoms with Crippen molar-refractivity contribution in [1.29, 1.82) is 0 Å². The minimum absolute atomic E-state index is 0.0626. The molecule has 0 aliphatic carbocycles. The first-order valence-electron chi connectivity index (χ1n) is 8.70. The van der Waals surface area contributed by atoms with E-state index in [1.54, 1.807) is 16.8 Å². The summed E-state index contributed by atoms with van der Waals surface area (Å²) in [5, 5.41) is 4.48. The summed E-state index contributed by atoms with van der Waals surface area (Å²) in [6.07, 6.45) is 2.73. The Morgan fingerprint density at radius 3 is 2.57 bits per heavy atom. The Bertz CT molecular complexity index is 1090.